The van der Waals surface area contributed by atoms with E-state index in [2.05, 4.69) is 19.2 Å². The monoisotopic (exact) mass is 311 g/mol. The van der Waals surface area contributed by atoms with E-state index >= 15 is 0 Å². The van der Waals surface area contributed by atoms with Gasteiger partial charge < -0.3 is 14.3 Å². The van der Waals surface area contributed by atoms with Crippen molar-refractivity contribution in [2.75, 3.05) is 0 Å². The quantitative estimate of drug-likeness (QED) is 0.782. The van der Waals surface area contributed by atoms with Gasteiger partial charge in [0.2, 0.25) is 0 Å². The molecule has 1 N–H and O–H groups in total. The number of rotatable bonds is 5. The molecule has 0 radical (unpaired) electrons. The standard InChI is InChI=1S/C18H21N3O2/c1-12(2)11-14(20-18(22)16-9-6-10-23-16)17-19-13-7-4-5-8-15(13)21(17)3/h4-10,12,14H,11H2,1-3H3,(H,20,22)/t14-/m1/s1. The van der Waals surface area contributed by atoms with Gasteiger partial charge in [-0.3, -0.25) is 4.79 Å². The first kappa shape index (κ1) is 15.3. The number of carbonyl (C=O) groups is 1. The van der Waals surface area contributed by atoms with Crippen molar-refractivity contribution in [1.82, 2.24) is 14.9 Å². The van der Waals surface area contributed by atoms with Crippen LogP contribution in [0.5, 0.6) is 0 Å². The van der Waals surface area contributed by atoms with Crippen LogP contribution in [-0.4, -0.2) is 15.5 Å². The molecule has 1 amide bonds. The van der Waals surface area contributed by atoms with Crippen molar-refractivity contribution >= 4 is 16.9 Å². The Morgan fingerprint density at radius 2 is 2.04 bits per heavy atom. The van der Waals surface area contributed by atoms with Crippen LogP contribution < -0.4 is 5.32 Å². The summed E-state index contributed by atoms with van der Waals surface area (Å²) in [6.07, 6.45) is 2.31. The number of hydrogen-bond donors (Lipinski definition) is 1. The number of benzene rings is 1. The Hall–Kier alpha value is -2.56. The molecule has 0 spiro atoms. The molecule has 2 heterocycles. The van der Waals surface area contributed by atoms with E-state index in [0.29, 0.717) is 11.7 Å². The zero-order valence-corrected chi connectivity index (χ0v) is 13.6. The van der Waals surface area contributed by atoms with Crippen molar-refractivity contribution < 1.29 is 9.21 Å². The molecule has 1 atom stereocenters. The van der Waals surface area contributed by atoms with Crippen molar-refractivity contribution in [3.05, 3.63) is 54.2 Å². The van der Waals surface area contributed by atoms with Crippen LogP contribution in [0.3, 0.4) is 0 Å². The molecule has 0 unspecified atom stereocenters. The number of aromatic nitrogens is 2. The van der Waals surface area contributed by atoms with Gasteiger partial charge in [-0.15, -0.1) is 0 Å². The van der Waals surface area contributed by atoms with Gasteiger partial charge in [-0.05, 0) is 36.6 Å². The number of aryl methyl sites for hydroxylation is 1. The van der Waals surface area contributed by atoms with Crippen LogP contribution in [0, 0.1) is 5.92 Å². The second kappa shape index (κ2) is 6.28. The largest absolute Gasteiger partial charge is 0.459 e. The van der Waals surface area contributed by atoms with Crippen LogP contribution in [0.2, 0.25) is 0 Å². The first-order valence-electron chi connectivity index (χ1n) is 7.82. The van der Waals surface area contributed by atoms with E-state index < -0.39 is 0 Å². The second-order valence-corrected chi connectivity index (χ2v) is 6.15. The molecule has 0 aliphatic carbocycles. The van der Waals surface area contributed by atoms with Gasteiger partial charge in [-0.1, -0.05) is 26.0 Å². The van der Waals surface area contributed by atoms with Crippen LogP contribution in [-0.2, 0) is 7.05 Å². The lowest BCUT2D eigenvalue weighted by atomic mass is 10.0. The van der Waals surface area contributed by atoms with Gasteiger partial charge in [0.1, 0.15) is 5.82 Å². The maximum atomic E-state index is 12.4. The zero-order valence-electron chi connectivity index (χ0n) is 13.6. The van der Waals surface area contributed by atoms with Crippen LogP contribution >= 0.6 is 0 Å². The van der Waals surface area contributed by atoms with E-state index in [0.717, 1.165) is 23.3 Å². The molecule has 5 heteroatoms. The fourth-order valence-corrected chi connectivity index (χ4v) is 2.81. The van der Waals surface area contributed by atoms with Crippen LogP contribution in [0.15, 0.2) is 47.1 Å². The van der Waals surface area contributed by atoms with E-state index in [9.17, 15) is 4.79 Å². The normalized spacial score (nSPS) is 12.7. The molecule has 1 aromatic carbocycles. The number of carbonyl (C=O) groups excluding carboxylic acids is 1. The molecular formula is C18H21N3O2. The Bertz CT molecular complexity index is 803. The molecule has 5 nitrogen and oxygen atoms in total. The van der Waals surface area contributed by atoms with Crippen molar-refractivity contribution in [3.8, 4) is 0 Å². The molecule has 3 rings (SSSR count). The number of imidazole rings is 1. The summed E-state index contributed by atoms with van der Waals surface area (Å²) in [6, 6.07) is 11.2. The summed E-state index contributed by atoms with van der Waals surface area (Å²) >= 11 is 0. The third-order valence-corrected chi connectivity index (χ3v) is 3.89. The van der Waals surface area contributed by atoms with Gasteiger partial charge in [0.05, 0.1) is 23.3 Å². The molecule has 0 saturated carbocycles. The summed E-state index contributed by atoms with van der Waals surface area (Å²) in [5.41, 5.74) is 1.99. The fourth-order valence-electron chi connectivity index (χ4n) is 2.81. The Kier molecular flexibility index (Phi) is 4.19. The van der Waals surface area contributed by atoms with Crippen molar-refractivity contribution in [3.63, 3.8) is 0 Å². The summed E-state index contributed by atoms with van der Waals surface area (Å²) in [7, 11) is 1.98. The van der Waals surface area contributed by atoms with Gasteiger partial charge in [0, 0.05) is 7.05 Å². The van der Waals surface area contributed by atoms with E-state index in [1.54, 1.807) is 12.1 Å². The Morgan fingerprint density at radius 1 is 1.26 bits per heavy atom. The van der Waals surface area contributed by atoms with Gasteiger partial charge in [-0.2, -0.15) is 0 Å². The minimum atomic E-state index is -0.215. The molecule has 3 aromatic rings. The lowest BCUT2D eigenvalue weighted by molar-refractivity contribution is 0.0901. The summed E-state index contributed by atoms with van der Waals surface area (Å²) < 4.78 is 7.23. The van der Waals surface area contributed by atoms with Gasteiger partial charge in [0.15, 0.2) is 5.76 Å². The lowest BCUT2D eigenvalue weighted by Gasteiger charge is -2.20. The molecule has 23 heavy (non-hydrogen) atoms. The predicted octanol–water partition coefficient (Wildman–Crippen LogP) is 3.68. The Balaban J connectivity index is 1.94. The minimum absolute atomic E-state index is 0.162. The third kappa shape index (κ3) is 3.13. The van der Waals surface area contributed by atoms with Crippen molar-refractivity contribution in [2.45, 2.75) is 26.3 Å². The highest BCUT2D eigenvalue weighted by molar-refractivity contribution is 5.91. The van der Waals surface area contributed by atoms with Gasteiger partial charge in [-0.25, -0.2) is 4.98 Å². The molecule has 0 aliphatic heterocycles. The smallest absolute Gasteiger partial charge is 0.287 e. The molecule has 120 valence electrons. The Labute approximate surface area is 135 Å². The summed E-state index contributed by atoms with van der Waals surface area (Å²) in [5, 5.41) is 3.05. The topological polar surface area (TPSA) is 60.1 Å². The van der Waals surface area contributed by atoms with E-state index in [-0.39, 0.29) is 11.9 Å². The maximum absolute atomic E-state index is 12.4. The highest BCUT2D eigenvalue weighted by atomic mass is 16.3. The number of hydrogen-bond acceptors (Lipinski definition) is 3. The molecule has 0 aliphatic rings. The summed E-state index contributed by atoms with van der Waals surface area (Å²) in [5.74, 6) is 1.39. The molecule has 0 bridgehead atoms. The third-order valence-electron chi connectivity index (χ3n) is 3.89. The van der Waals surface area contributed by atoms with Crippen LogP contribution in [0.4, 0.5) is 0 Å². The zero-order chi connectivity index (χ0) is 16.4. The Morgan fingerprint density at radius 3 is 2.70 bits per heavy atom. The average molecular weight is 311 g/mol. The SMILES string of the molecule is CC(C)C[C@@H](NC(=O)c1ccco1)c1nc2ccccc2n1C. The number of amides is 1. The summed E-state index contributed by atoms with van der Waals surface area (Å²) in [4.78, 5) is 17.1. The first-order chi connectivity index (χ1) is 11.1. The van der Waals surface area contributed by atoms with E-state index in [1.807, 2.05) is 35.9 Å². The van der Waals surface area contributed by atoms with Gasteiger partial charge in [0.25, 0.3) is 5.91 Å². The second-order valence-electron chi connectivity index (χ2n) is 6.15. The van der Waals surface area contributed by atoms with Crippen molar-refractivity contribution in [1.29, 1.82) is 0 Å². The lowest BCUT2D eigenvalue weighted by Crippen LogP contribution is -2.31. The van der Waals surface area contributed by atoms with E-state index in [1.165, 1.54) is 6.26 Å². The molecule has 2 aromatic heterocycles. The number of para-hydroxylation sites is 2. The van der Waals surface area contributed by atoms with Gasteiger partial charge >= 0.3 is 0 Å². The minimum Gasteiger partial charge on any atom is -0.459 e. The number of nitrogens with zero attached hydrogens (tertiary/aromatic N) is 2. The van der Waals surface area contributed by atoms with Crippen LogP contribution in [0.25, 0.3) is 11.0 Å². The molecular weight excluding hydrogens is 290 g/mol. The number of fused-ring (bicyclic) bond motifs is 1. The maximum Gasteiger partial charge on any atom is 0.287 e. The fraction of sp³-hybridized carbons (Fsp3) is 0.333. The predicted molar refractivity (Wildman–Crippen MR) is 89.1 cm³/mol. The summed E-state index contributed by atoms with van der Waals surface area (Å²) in [6.45, 7) is 4.27. The number of furan rings is 1. The number of nitrogens with one attached hydrogen (secondary N) is 1. The molecule has 0 fully saturated rings. The average Bonchev–Trinajstić information content (AvgIpc) is 3.15. The first-order valence-corrected chi connectivity index (χ1v) is 7.82. The molecule has 0 saturated heterocycles. The highest BCUT2D eigenvalue weighted by Gasteiger charge is 2.23. The van der Waals surface area contributed by atoms with Crippen LogP contribution in [0.1, 0.15) is 42.7 Å². The highest BCUT2D eigenvalue weighted by Crippen LogP contribution is 2.24. The van der Waals surface area contributed by atoms with E-state index in [4.69, 9.17) is 9.40 Å². The van der Waals surface area contributed by atoms with Crippen molar-refractivity contribution in [2.24, 2.45) is 13.0 Å².